The zero-order chi connectivity index (χ0) is 19.1. The van der Waals surface area contributed by atoms with E-state index in [-0.39, 0.29) is 30.1 Å². The molecule has 0 bridgehead atoms. The number of nitrogens with zero attached hydrogens (tertiary/aromatic N) is 1. The molecule has 6 heteroatoms. The number of carbonyl (C=O) groups excluding carboxylic acids is 1. The number of anilines is 1. The second kappa shape index (κ2) is 7.05. The van der Waals surface area contributed by atoms with Gasteiger partial charge in [-0.2, -0.15) is 13.2 Å². The summed E-state index contributed by atoms with van der Waals surface area (Å²) in [5.41, 5.74) is 1.81. The number of aryl methyl sites for hydroxylation is 1. The summed E-state index contributed by atoms with van der Waals surface area (Å²) in [7, 11) is 0. The number of amides is 1. The normalized spacial score (nSPS) is 22.9. The highest BCUT2D eigenvalue weighted by Gasteiger charge is 2.48. The van der Waals surface area contributed by atoms with Crippen LogP contribution in [0, 0.1) is 17.8 Å². The number of aromatic nitrogens is 1. The van der Waals surface area contributed by atoms with Crippen molar-refractivity contribution in [2.75, 3.05) is 5.32 Å². The fourth-order valence-electron chi connectivity index (χ4n) is 4.20. The van der Waals surface area contributed by atoms with Gasteiger partial charge in [0.05, 0.1) is 17.6 Å². The van der Waals surface area contributed by atoms with Crippen LogP contribution in [0.5, 0.6) is 0 Å². The molecular formula is C20H25F3N2O. The Balaban J connectivity index is 2.01. The van der Waals surface area contributed by atoms with E-state index >= 15 is 0 Å². The van der Waals surface area contributed by atoms with Crippen molar-refractivity contribution in [3.63, 3.8) is 0 Å². The Morgan fingerprint density at radius 2 is 2.08 bits per heavy atom. The molecule has 26 heavy (non-hydrogen) atoms. The topological polar surface area (TPSA) is 42.0 Å². The SMILES string of the molecule is CCc1cc(C2=C(C(F)(F)F)CC3CCCC23)ncc1NC(=O)C(C)C. The molecule has 2 atom stereocenters. The molecule has 3 nitrogen and oxygen atoms in total. The monoisotopic (exact) mass is 366 g/mol. The average molecular weight is 366 g/mol. The molecule has 1 aromatic heterocycles. The third-order valence-electron chi connectivity index (χ3n) is 5.59. The van der Waals surface area contributed by atoms with E-state index in [1.807, 2.05) is 6.92 Å². The van der Waals surface area contributed by atoms with Gasteiger partial charge in [-0.3, -0.25) is 9.78 Å². The number of rotatable bonds is 4. The number of allylic oxidation sites excluding steroid dienone is 2. The lowest BCUT2D eigenvalue weighted by Gasteiger charge is -2.18. The van der Waals surface area contributed by atoms with Crippen LogP contribution in [-0.2, 0) is 11.2 Å². The maximum absolute atomic E-state index is 13.6. The fourth-order valence-corrected chi connectivity index (χ4v) is 4.20. The van der Waals surface area contributed by atoms with Crippen molar-refractivity contribution in [1.82, 2.24) is 4.98 Å². The quantitative estimate of drug-likeness (QED) is 0.778. The standard InChI is InChI=1S/C20H25F3N2O/c1-4-12-9-16(24-10-17(12)25-19(26)11(2)3)18-14-7-5-6-13(14)8-15(18)20(21,22)23/h9-11,13-14H,4-8H2,1-3H3,(H,25,26). The summed E-state index contributed by atoms with van der Waals surface area (Å²) in [6, 6.07) is 1.73. The molecule has 3 rings (SSSR count). The summed E-state index contributed by atoms with van der Waals surface area (Å²) >= 11 is 0. The third kappa shape index (κ3) is 3.51. The third-order valence-corrected chi connectivity index (χ3v) is 5.59. The van der Waals surface area contributed by atoms with Crippen LogP contribution in [0.2, 0.25) is 0 Å². The predicted octanol–water partition coefficient (Wildman–Crippen LogP) is 5.37. The number of pyridine rings is 1. The number of carbonyl (C=O) groups is 1. The number of alkyl halides is 3. The van der Waals surface area contributed by atoms with E-state index in [2.05, 4.69) is 10.3 Å². The number of fused-ring (bicyclic) bond motifs is 1. The molecule has 1 heterocycles. The Hall–Kier alpha value is -1.85. The van der Waals surface area contributed by atoms with E-state index in [1.54, 1.807) is 19.9 Å². The van der Waals surface area contributed by atoms with Gasteiger partial charge < -0.3 is 5.32 Å². The molecule has 0 radical (unpaired) electrons. The first-order valence-electron chi connectivity index (χ1n) is 9.32. The molecule has 2 aliphatic carbocycles. The Bertz CT molecular complexity index is 737. The van der Waals surface area contributed by atoms with E-state index in [0.717, 1.165) is 24.8 Å². The zero-order valence-electron chi connectivity index (χ0n) is 15.4. The summed E-state index contributed by atoms with van der Waals surface area (Å²) < 4.78 is 40.8. The van der Waals surface area contributed by atoms with Gasteiger partial charge in [0.1, 0.15) is 0 Å². The first-order chi connectivity index (χ1) is 12.2. The molecule has 0 aliphatic heterocycles. The van der Waals surface area contributed by atoms with Crippen molar-refractivity contribution >= 4 is 17.2 Å². The van der Waals surface area contributed by atoms with Crippen LogP contribution < -0.4 is 5.32 Å². The van der Waals surface area contributed by atoms with Crippen molar-refractivity contribution in [3.8, 4) is 0 Å². The van der Waals surface area contributed by atoms with Gasteiger partial charge in [-0.25, -0.2) is 0 Å². The van der Waals surface area contributed by atoms with Gasteiger partial charge in [-0.1, -0.05) is 27.2 Å². The van der Waals surface area contributed by atoms with Gasteiger partial charge in [-0.05, 0) is 54.7 Å². The van der Waals surface area contributed by atoms with Crippen LogP contribution in [0.15, 0.2) is 17.8 Å². The minimum absolute atomic E-state index is 0.0417. The van der Waals surface area contributed by atoms with Gasteiger partial charge in [0.2, 0.25) is 5.91 Å². The maximum Gasteiger partial charge on any atom is 0.413 e. The number of halogens is 3. The summed E-state index contributed by atoms with van der Waals surface area (Å²) in [5.74, 6) is -0.247. The molecular weight excluding hydrogens is 341 g/mol. The molecule has 2 aliphatic rings. The summed E-state index contributed by atoms with van der Waals surface area (Å²) in [6.07, 6.45) is 0.568. The second-order valence-electron chi connectivity index (χ2n) is 7.62. The molecule has 0 aromatic carbocycles. The number of nitrogens with one attached hydrogen (secondary N) is 1. The van der Waals surface area contributed by atoms with Crippen molar-refractivity contribution in [2.45, 2.75) is 59.1 Å². The smallest absolute Gasteiger partial charge is 0.324 e. The van der Waals surface area contributed by atoms with E-state index in [9.17, 15) is 18.0 Å². The van der Waals surface area contributed by atoms with Crippen LogP contribution in [0.3, 0.4) is 0 Å². The summed E-state index contributed by atoms with van der Waals surface area (Å²) in [6.45, 7) is 5.51. The molecule has 1 amide bonds. The van der Waals surface area contributed by atoms with Crippen LogP contribution in [0.25, 0.3) is 5.57 Å². The van der Waals surface area contributed by atoms with Crippen molar-refractivity contribution in [3.05, 3.63) is 29.1 Å². The molecule has 0 spiro atoms. The summed E-state index contributed by atoms with van der Waals surface area (Å²) in [5, 5.41) is 2.83. The largest absolute Gasteiger partial charge is 0.413 e. The van der Waals surface area contributed by atoms with Gasteiger partial charge in [0, 0.05) is 11.5 Å². The first kappa shape index (κ1) is 18.9. The molecule has 1 fully saturated rings. The fraction of sp³-hybridized carbons (Fsp3) is 0.600. The van der Waals surface area contributed by atoms with Crippen molar-refractivity contribution in [1.29, 1.82) is 0 Å². The van der Waals surface area contributed by atoms with E-state index in [4.69, 9.17) is 0 Å². The Kier molecular flexibility index (Phi) is 5.13. The highest BCUT2D eigenvalue weighted by molar-refractivity contribution is 5.92. The zero-order valence-corrected chi connectivity index (χ0v) is 15.4. The molecule has 1 saturated carbocycles. The molecule has 142 valence electrons. The Morgan fingerprint density at radius 1 is 1.35 bits per heavy atom. The number of hydrogen-bond donors (Lipinski definition) is 1. The minimum Gasteiger partial charge on any atom is -0.324 e. The van der Waals surface area contributed by atoms with Gasteiger partial charge in [0.25, 0.3) is 0 Å². The molecule has 0 saturated heterocycles. The lowest BCUT2D eigenvalue weighted by atomic mass is 9.91. The van der Waals surface area contributed by atoms with Crippen LogP contribution in [0.1, 0.15) is 57.7 Å². The maximum atomic E-state index is 13.6. The lowest BCUT2D eigenvalue weighted by Crippen LogP contribution is -2.19. The van der Waals surface area contributed by atoms with E-state index < -0.39 is 11.7 Å². The predicted molar refractivity (Wildman–Crippen MR) is 95.5 cm³/mol. The second-order valence-corrected chi connectivity index (χ2v) is 7.62. The first-order valence-corrected chi connectivity index (χ1v) is 9.32. The van der Waals surface area contributed by atoms with E-state index in [1.165, 1.54) is 6.20 Å². The average Bonchev–Trinajstić information content (AvgIpc) is 3.15. The van der Waals surface area contributed by atoms with Crippen LogP contribution in [-0.4, -0.2) is 17.1 Å². The highest BCUT2D eigenvalue weighted by atomic mass is 19.4. The van der Waals surface area contributed by atoms with Crippen molar-refractivity contribution < 1.29 is 18.0 Å². The molecule has 1 aromatic rings. The summed E-state index contributed by atoms with van der Waals surface area (Å²) in [4.78, 5) is 16.3. The van der Waals surface area contributed by atoms with Gasteiger partial charge in [0.15, 0.2) is 0 Å². The van der Waals surface area contributed by atoms with Crippen molar-refractivity contribution in [2.24, 2.45) is 17.8 Å². The van der Waals surface area contributed by atoms with Gasteiger partial charge >= 0.3 is 6.18 Å². The number of hydrogen-bond acceptors (Lipinski definition) is 2. The van der Waals surface area contributed by atoms with Crippen LogP contribution in [0.4, 0.5) is 18.9 Å². The van der Waals surface area contributed by atoms with Crippen LogP contribution >= 0.6 is 0 Å². The molecule has 2 unspecified atom stereocenters. The van der Waals surface area contributed by atoms with E-state index in [0.29, 0.717) is 23.4 Å². The Morgan fingerprint density at radius 3 is 2.69 bits per heavy atom. The highest BCUT2D eigenvalue weighted by Crippen LogP contribution is 2.54. The lowest BCUT2D eigenvalue weighted by molar-refractivity contribution is -0.118. The molecule has 1 N–H and O–H groups in total. The Labute approximate surface area is 152 Å². The minimum atomic E-state index is -4.31. The van der Waals surface area contributed by atoms with Gasteiger partial charge in [-0.15, -0.1) is 0 Å².